The van der Waals surface area contributed by atoms with Gasteiger partial charge in [0.2, 0.25) is 5.95 Å². The Morgan fingerprint density at radius 3 is 2.14 bits per heavy atom. The first kappa shape index (κ1) is 31.1. The molecular weight excluding hydrogens is 570 g/mol. The number of aromatic nitrogens is 4. The van der Waals surface area contributed by atoms with E-state index in [4.69, 9.17) is 9.57 Å². The second-order valence-electron chi connectivity index (χ2n) is 10.3. The van der Waals surface area contributed by atoms with Crippen molar-refractivity contribution >= 4 is 12.1 Å². The van der Waals surface area contributed by atoms with Gasteiger partial charge in [-0.1, -0.05) is 6.92 Å². The molecule has 2 atom stereocenters. The van der Waals surface area contributed by atoms with Gasteiger partial charge in [0.25, 0.3) is 0 Å². The van der Waals surface area contributed by atoms with Crippen LogP contribution in [0.25, 0.3) is 11.1 Å². The monoisotopic (exact) mass is 600 g/mol. The zero-order chi connectivity index (χ0) is 30.8. The summed E-state index contributed by atoms with van der Waals surface area (Å²) in [5.41, 5.74) is -1.73. The maximum Gasteiger partial charge on any atom is 0.528 e. The lowest BCUT2D eigenvalue weighted by Crippen LogP contribution is -2.39. The Morgan fingerprint density at radius 2 is 1.64 bits per heavy atom. The number of hydrogen-bond acceptors (Lipinski definition) is 8. The summed E-state index contributed by atoms with van der Waals surface area (Å²) in [5, 5.41) is 5.52. The van der Waals surface area contributed by atoms with Gasteiger partial charge in [-0.05, 0) is 50.5 Å². The van der Waals surface area contributed by atoms with Crippen LogP contribution in [-0.4, -0.2) is 55.7 Å². The Bertz CT molecular complexity index is 1340. The molecule has 0 amide bonds. The third-order valence-electron chi connectivity index (χ3n) is 6.71. The van der Waals surface area contributed by atoms with Crippen LogP contribution in [0.15, 0.2) is 43.0 Å². The van der Waals surface area contributed by atoms with Crippen LogP contribution in [-0.2, 0) is 35.5 Å². The van der Waals surface area contributed by atoms with Gasteiger partial charge < -0.3 is 14.5 Å². The number of hydrogen-bond donors (Lipinski definition) is 0. The fraction of sp³-hybridized carbons (Fsp3) is 0.481. The summed E-state index contributed by atoms with van der Waals surface area (Å²) in [6.07, 6.45) is -4.08. The molecule has 0 bridgehead atoms. The number of carbonyl (C=O) groups is 1. The van der Waals surface area contributed by atoms with Crippen molar-refractivity contribution < 1.29 is 40.7 Å². The molecule has 3 aromatic rings. The average molecular weight is 601 g/mol. The number of carbonyl (C=O) groups excluding carboxylic acids is 1. The van der Waals surface area contributed by atoms with Crippen molar-refractivity contribution in [2.45, 2.75) is 70.7 Å². The summed E-state index contributed by atoms with van der Waals surface area (Å²) in [7, 11) is 1.74. The first-order valence-corrected chi connectivity index (χ1v) is 13.1. The lowest BCUT2D eigenvalue weighted by molar-refractivity contribution is -0.143. The fourth-order valence-corrected chi connectivity index (χ4v) is 4.74. The minimum absolute atomic E-state index is 0.0834. The summed E-state index contributed by atoms with van der Waals surface area (Å²) in [5.74, 6) is 0.0834. The number of aryl methyl sites for hydroxylation is 1. The van der Waals surface area contributed by atoms with Crippen molar-refractivity contribution in [1.82, 2.24) is 24.8 Å². The molecule has 0 saturated carbocycles. The maximum absolute atomic E-state index is 13.6. The SMILES string of the molecule is CC[C@@H]1C[C@H](N(Cc2cc(C(F)(F)F)cc(C(F)(F)F)c2)c2ncc(-c3cnn(C)c3)cn2)CN1OC(=O)OC(C)C. The van der Waals surface area contributed by atoms with Gasteiger partial charge >= 0.3 is 18.5 Å². The highest BCUT2D eigenvalue weighted by atomic mass is 19.4. The van der Waals surface area contributed by atoms with E-state index in [1.54, 1.807) is 38.0 Å². The fourth-order valence-electron chi connectivity index (χ4n) is 4.74. The quantitative estimate of drug-likeness (QED) is 0.222. The first-order valence-electron chi connectivity index (χ1n) is 13.1. The van der Waals surface area contributed by atoms with Gasteiger partial charge in [0.1, 0.15) is 0 Å². The Balaban J connectivity index is 1.71. The van der Waals surface area contributed by atoms with Gasteiger partial charge in [-0.15, -0.1) is 5.06 Å². The van der Waals surface area contributed by atoms with Gasteiger partial charge in [-0.3, -0.25) is 4.68 Å². The summed E-state index contributed by atoms with van der Waals surface area (Å²) >= 11 is 0. The highest BCUT2D eigenvalue weighted by Crippen LogP contribution is 2.37. The standard InChI is InChI=1S/C27H30F6N6O3/c1-5-22-9-23(15-39(22)42-25(40)41-16(2)3)38(24-34-10-18(11-35-24)19-12-36-37(4)14-19)13-17-6-20(26(28,29)30)8-21(7-17)27(31,32)33/h6-8,10-12,14,16,22-23H,5,9,13,15H2,1-4H3/t22-,23+/m1/s1. The number of anilines is 1. The molecule has 1 aromatic carbocycles. The molecule has 1 aliphatic rings. The molecule has 1 fully saturated rings. The van der Waals surface area contributed by atoms with Crippen LogP contribution in [0.1, 0.15) is 50.3 Å². The maximum atomic E-state index is 13.6. The number of ether oxygens (including phenoxy) is 1. The van der Waals surface area contributed by atoms with E-state index in [2.05, 4.69) is 15.1 Å². The molecule has 1 aliphatic heterocycles. The molecule has 15 heteroatoms. The zero-order valence-corrected chi connectivity index (χ0v) is 23.3. The summed E-state index contributed by atoms with van der Waals surface area (Å²) in [6, 6.07) is 0.639. The minimum atomic E-state index is -5.00. The third kappa shape index (κ3) is 7.49. The topological polar surface area (TPSA) is 85.6 Å². The van der Waals surface area contributed by atoms with Crippen molar-refractivity contribution in [2.24, 2.45) is 7.05 Å². The molecule has 1 saturated heterocycles. The number of nitrogens with zero attached hydrogens (tertiary/aromatic N) is 6. The van der Waals surface area contributed by atoms with Gasteiger partial charge in [-0.25, -0.2) is 14.8 Å². The Kier molecular flexibility index (Phi) is 8.99. The van der Waals surface area contributed by atoms with Gasteiger partial charge in [0.15, 0.2) is 0 Å². The number of halogens is 6. The highest BCUT2D eigenvalue weighted by molar-refractivity contribution is 5.60. The van der Waals surface area contributed by atoms with E-state index < -0.39 is 41.8 Å². The number of rotatable bonds is 8. The van der Waals surface area contributed by atoms with E-state index in [0.29, 0.717) is 30.5 Å². The Labute approximate surface area is 238 Å². The highest BCUT2D eigenvalue weighted by Gasteiger charge is 2.40. The van der Waals surface area contributed by atoms with Crippen LogP contribution in [0.2, 0.25) is 0 Å². The minimum Gasteiger partial charge on any atom is -0.430 e. The number of alkyl halides is 6. The molecule has 3 heterocycles. The first-order chi connectivity index (χ1) is 19.6. The molecule has 42 heavy (non-hydrogen) atoms. The van der Waals surface area contributed by atoms with E-state index in [9.17, 15) is 31.1 Å². The normalized spacial score (nSPS) is 18.0. The van der Waals surface area contributed by atoms with E-state index in [1.165, 1.54) is 22.4 Å². The van der Waals surface area contributed by atoms with Crippen molar-refractivity contribution in [1.29, 1.82) is 0 Å². The van der Waals surface area contributed by atoms with Crippen LogP contribution in [0.4, 0.5) is 37.1 Å². The van der Waals surface area contributed by atoms with Crippen LogP contribution in [0.3, 0.4) is 0 Å². The van der Waals surface area contributed by atoms with Crippen LogP contribution < -0.4 is 4.90 Å². The van der Waals surface area contributed by atoms with E-state index in [1.807, 2.05) is 6.92 Å². The number of hydroxylamine groups is 2. The van der Waals surface area contributed by atoms with E-state index >= 15 is 0 Å². The molecule has 228 valence electrons. The lowest BCUT2D eigenvalue weighted by atomic mass is 10.0. The largest absolute Gasteiger partial charge is 0.528 e. The predicted molar refractivity (Wildman–Crippen MR) is 139 cm³/mol. The van der Waals surface area contributed by atoms with Crippen molar-refractivity contribution in [3.05, 3.63) is 59.7 Å². The van der Waals surface area contributed by atoms with Crippen molar-refractivity contribution in [3.63, 3.8) is 0 Å². The van der Waals surface area contributed by atoms with Gasteiger partial charge in [0, 0.05) is 55.4 Å². The zero-order valence-electron chi connectivity index (χ0n) is 23.3. The van der Waals surface area contributed by atoms with Crippen LogP contribution >= 0.6 is 0 Å². The second kappa shape index (κ2) is 12.2. The van der Waals surface area contributed by atoms with Crippen molar-refractivity contribution in [2.75, 3.05) is 11.4 Å². The van der Waals surface area contributed by atoms with Gasteiger partial charge in [0.05, 0.1) is 30.0 Å². The van der Waals surface area contributed by atoms with Crippen LogP contribution in [0.5, 0.6) is 0 Å². The molecule has 0 unspecified atom stereocenters. The Morgan fingerprint density at radius 1 is 1.02 bits per heavy atom. The van der Waals surface area contributed by atoms with E-state index in [-0.39, 0.29) is 36.7 Å². The molecule has 4 rings (SSSR count). The number of benzene rings is 1. The Hall–Kier alpha value is -3.88. The molecule has 0 N–H and O–H groups in total. The molecular formula is C27H30F6N6O3. The van der Waals surface area contributed by atoms with Gasteiger partial charge in [-0.2, -0.15) is 31.4 Å². The summed E-state index contributed by atoms with van der Waals surface area (Å²) in [6.45, 7) is 4.89. The lowest BCUT2D eigenvalue weighted by Gasteiger charge is -2.29. The summed E-state index contributed by atoms with van der Waals surface area (Å²) < 4.78 is 88.2. The third-order valence-corrected chi connectivity index (χ3v) is 6.71. The second-order valence-corrected chi connectivity index (χ2v) is 10.3. The average Bonchev–Trinajstić information content (AvgIpc) is 3.51. The summed E-state index contributed by atoms with van der Waals surface area (Å²) in [4.78, 5) is 27.9. The predicted octanol–water partition coefficient (Wildman–Crippen LogP) is 6.25. The molecule has 0 aliphatic carbocycles. The molecule has 0 radical (unpaired) electrons. The van der Waals surface area contributed by atoms with E-state index in [0.717, 1.165) is 5.56 Å². The van der Waals surface area contributed by atoms with Crippen molar-refractivity contribution in [3.8, 4) is 11.1 Å². The smallest absolute Gasteiger partial charge is 0.430 e. The molecule has 0 spiro atoms. The van der Waals surface area contributed by atoms with Crippen LogP contribution in [0, 0.1) is 0 Å². The molecule has 2 aromatic heterocycles. The molecule has 9 nitrogen and oxygen atoms in total.